The van der Waals surface area contributed by atoms with Gasteiger partial charge in [0, 0.05) is 37.5 Å². The van der Waals surface area contributed by atoms with Crippen molar-refractivity contribution in [1.29, 1.82) is 0 Å². The number of methoxy groups -OCH3 is 2. The summed E-state index contributed by atoms with van der Waals surface area (Å²) >= 11 is 0. The number of carbonyl (C=O) groups excluding carboxylic acids is 1. The van der Waals surface area contributed by atoms with Crippen LogP contribution in [-0.4, -0.2) is 49.7 Å². The summed E-state index contributed by atoms with van der Waals surface area (Å²) < 4.78 is 10.8. The van der Waals surface area contributed by atoms with E-state index in [1.54, 1.807) is 20.5 Å². The lowest BCUT2D eigenvalue weighted by Crippen LogP contribution is -2.31. The van der Waals surface area contributed by atoms with Crippen molar-refractivity contribution in [3.8, 4) is 11.5 Å². The summed E-state index contributed by atoms with van der Waals surface area (Å²) in [5.41, 5.74) is 2.00. The quantitative estimate of drug-likeness (QED) is 0.557. The first-order valence-electron chi connectivity index (χ1n) is 9.72. The maximum Gasteiger partial charge on any atom is 0.224 e. The molecule has 28 heavy (non-hydrogen) atoms. The molecule has 0 saturated heterocycles. The largest absolute Gasteiger partial charge is 0.493 e. The van der Waals surface area contributed by atoms with Gasteiger partial charge in [0.2, 0.25) is 5.91 Å². The summed E-state index contributed by atoms with van der Waals surface area (Å²) in [6, 6.07) is 3.79. The highest BCUT2D eigenvalue weighted by Gasteiger charge is 2.19. The van der Waals surface area contributed by atoms with Crippen LogP contribution in [0.2, 0.25) is 0 Å². The van der Waals surface area contributed by atoms with Gasteiger partial charge in [0.05, 0.1) is 19.7 Å². The van der Waals surface area contributed by atoms with Crippen LogP contribution in [0.15, 0.2) is 30.1 Å². The second kappa shape index (κ2) is 9.39. The number of benzene rings is 1. The molecule has 7 heteroatoms. The zero-order valence-electron chi connectivity index (χ0n) is 16.8. The fourth-order valence-electron chi connectivity index (χ4n) is 3.36. The molecule has 7 nitrogen and oxygen atoms in total. The molecule has 1 amide bonds. The molecule has 1 aliphatic rings. The maximum absolute atomic E-state index is 12.0. The zero-order chi connectivity index (χ0) is 19.9. The predicted octanol–water partition coefficient (Wildman–Crippen LogP) is 3.09. The van der Waals surface area contributed by atoms with Crippen molar-refractivity contribution in [2.75, 3.05) is 38.8 Å². The summed E-state index contributed by atoms with van der Waals surface area (Å²) in [6.07, 6.45) is 7.14. The van der Waals surface area contributed by atoms with E-state index in [0.717, 1.165) is 55.6 Å². The van der Waals surface area contributed by atoms with Crippen molar-refractivity contribution in [2.45, 2.75) is 32.6 Å². The Bertz CT molecular complexity index is 866. The third kappa shape index (κ3) is 4.52. The average Bonchev–Trinajstić information content (AvgIpc) is 2.73. The van der Waals surface area contributed by atoms with Crippen LogP contribution >= 0.6 is 0 Å². The SMILES string of the molecule is CCCCNC(=O)CC1=CCN(c2ncnc3cc(OC)c(OC)cc23)CC1. The van der Waals surface area contributed by atoms with Crippen LogP contribution in [-0.2, 0) is 4.79 Å². The molecule has 2 aromatic rings. The topological polar surface area (TPSA) is 76.6 Å². The van der Waals surface area contributed by atoms with Gasteiger partial charge in [-0.1, -0.05) is 25.0 Å². The number of rotatable bonds is 8. The van der Waals surface area contributed by atoms with Crippen molar-refractivity contribution in [3.05, 3.63) is 30.1 Å². The number of ether oxygens (including phenoxy) is 2. The lowest BCUT2D eigenvalue weighted by molar-refractivity contribution is -0.120. The number of anilines is 1. The smallest absolute Gasteiger partial charge is 0.224 e. The average molecular weight is 384 g/mol. The van der Waals surface area contributed by atoms with Gasteiger partial charge < -0.3 is 19.7 Å². The molecule has 1 aromatic carbocycles. The van der Waals surface area contributed by atoms with Gasteiger partial charge in [-0.05, 0) is 18.9 Å². The molecule has 0 unspecified atom stereocenters. The maximum atomic E-state index is 12.0. The fourth-order valence-corrected chi connectivity index (χ4v) is 3.36. The molecule has 1 N–H and O–H groups in total. The number of hydrogen-bond donors (Lipinski definition) is 1. The number of nitrogens with zero attached hydrogens (tertiary/aromatic N) is 3. The first-order chi connectivity index (χ1) is 13.7. The molecule has 0 aliphatic carbocycles. The molecule has 1 aliphatic heterocycles. The minimum absolute atomic E-state index is 0.109. The Labute approximate surface area is 165 Å². The number of amides is 1. The fraction of sp³-hybridized carbons (Fsp3) is 0.476. The Hall–Kier alpha value is -2.83. The van der Waals surface area contributed by atoms with E-state index in [0.29, 0.717) is 17.9 Å². The van der Waals surface area contributed by atoms with Crippen LogP contribution in [0.5, 0.6) is 11.5 Å². The first kappa shape index (κ1) is 19.9. The van der Waals surface area contributed by atoms with Crippen LogP contribution < -0.4 is 19.7 Å². The van der Waals surface area contributed by atoms with Crippen LogP contribution in [0, 0.1) is 0 Å². The number of fused-ring (bicyclic) bond motifs is 1. The van der Waals surface area contributed by atoms with E-state index in [1.165, 1.54) is 5.57 Å². The molecule has 2 heterocycles. The van der Waals surface area contributed by atoms with Gasteiger partial charge in [0.25, 0.3) is 0 Å². The second-order valence-electron chi connectivity index (χ2n) is 6.86. The summed E-state index contributed by atoms with van der Waals surface area (Å²) in [7, 11) is 3.23. The second-order valence-corrected chi connectivity index (χ2v) is 6.86. The predicted molar refractivity (Wildman–Crippen MR) is 110 cm³/mol. The summed E-state index contributed by atoms with van der Waals surface area (Å²) in [4.78, 5) is 23.1. The Morgan fingerprint density at radius 3 is 2.68 bits per heavy atom. The third-order valence-corrected chi connectivity index (χ3v) is 4.96. The molecular formula is C21H28N4O3. The molecule has 0 bridgehead atoms. The number of hydrogen-bond acceptors (Lipinski definition) is 6. The number of unbranched alkanes of at least 4 members (excludes halogenated alkanes) is 1. The highest BCUT2D eigenvalue weighted by Crippen LogP contribution is 2.35. The first-order valence-corrected chi connectivity index (χ1v) is 9.72. The molecular weight excluding hydrogens is 356 g/mol. The van der Waals surface area contributed by atoms with Gasteiger partial charge >= 0.3 is 0 Å². The lowest BCUT2D eigenvalue weighted by atomic mass is 10.0. The number of nitrogens with one attached hydrogen (secondary N) is 1. The molecule has 0 saturated carbocycles. The van der Waals surface area contributed by atoms with E-state index < -0.39 is 0 Å². The van der Waals surface area contributed by atoms with E-state index in [4.69, 9.17) is 9.47 Å². The highest BCUT2D eigenvalue weighted by molar-refractivity contribution is 5.92. The standard InChI is InChI=1S/C21H28N4O3/c1-4-5-8-22-20(26)11-15-6-9-25(10-7-15)21-16-12-18(27-2)19(28-3)13-17(16)23-14-24-21/h6,12-14H,4-5,7-11H2,1-3H3,(H,22,26). The Balaban J connectivity index is 1.74. The highest BCUT2D eigenvalue weighted by atomic mass is 16.5. The molecule has 150 valence electrons. The minimum atomic E-state index is 0.109. The molecule has 0 atom stereocenters. The van der Waals surface area contributed by atoms with Crippen LogP contribution in [0.1, 0.15) is 32.6 Å². The molecule has 0 spiro atoms. The molecule has 1 aromatic heterocycles. The summed E-state index contributed by atoms with van der Waals surface area (Å²) in [6.45, 7) is 4.41. The van der Waals surface area contributed by atoms with Gasteiger partial charge in [-0.25, -0.2) is 9.97 Å². The Morgan fingerprint density at radius 2 is 2.00 bits per heavy atom. The van der Waals surface area contributed by atoms with Gasteiger partial charge in [0.1, 0.15) is 12.1 Å². The van der Waals surface area contributed by atoms with Crippen molar-refractivity contribution in [1.82, 2.24) is 15.3 Å². The van der Waals surface area contributed by atoms with Crippen molar-refractivity contribution >= 4 is 22.6 Å². The third-order valence-electron chi connectivity index (χ3n) is 4.96. The zero-order valence-corrected chi connectivity index (χ0v) is 16.8. The van der Waals surface area contributed by atoms with Gasteiger partial charge in [-0.2, -0.15) is 0 Å². The summed E-state index contributed by atoms with van der Waals surface area (Å²) in [5.74, 6) is 2.28. The van der Waals surface area contributed by atoms with Gasteiger partial charge in [-0.15, -0.1) is 0 Å². The monoisotopic (exact) mass is 384 g/mol. The molecule has 0 fully saturated rings. The Kier molecular flexibility index (Phi) is 6.68. The summed E-state index contributed by atoms with van der Waals surface area (Å²) in [5, 5.41) is 3.91. The van der Waals surface area contributed by atoms with Crippen LogP contribution in [0.4, 0.5) is 5.82 Å². The van der Waals surface area contributed by atoms with Crippen LogP contribution in [0.3, 0.4) is 0 Å². The molecule has 0 radical (unpaired) electrons. The van der Waals surface area contributed by atoms with Gasteiger partial charge in [-0.3, -0.25) is 4.79 Å². The lowest BCUT2D eigenvalue weighted by Gasteiger charge is -2.28. The van der Waals surface area contributed by atoms with E-state index in [9.17, 15) is 4.79 Å². The van der Waals surface area contributed by atoms with E-state index in [-0.39, 0.29) is 5.91 Å². The molecule has 3 rings (SSSR count). The van der Waals surface area contributed by atoms with Crippen molar-refractivity contribution in [2.24, 2.45) is 0 Å². The van der Waals surface area contributed by atoms with Gasteiger partial charge in [0.15, 0.2) is 11.5 Å². The van der Waals surface area contributed by atoms with E-state index >= 15 is 0 Å². The van der Waals surface area contributed by atoms with Crippen LogP contribution in [0.25, 0.3) is 10.9 Å². The normalized spacial score (nSPS) is 14.0. The Morgan fingerprint density at radius 1 is 1.21 bits per heavy atom. The minimum Gasteiger partial charge on any atom is -0.493 e. The number of carbonyl (C=O) groups is 1. The number of aromatic nitrogens is 2. The van der Waals surface area contributed by atoms with Crippen molar-refractivity contribution < 1.29 is 14.3 Å². The van der Waals surface area contributed by atoms with Crippen molar-refractivity contribution in [3.63, 3.8) is 0 Å². The van der Waals surface area contributed by atoms with E-state index in [2.05, 4.69) is 33.2 Å². The van der Waals surface area contributed by atoms with E-state index in [1.807, 2.05) is 12.1 Å².